The van der Waals surface area contributed by atoms with Gasteiger partial charge in [-0.3, -0.25) is 0 Å². The summed E-state index contributed by atoms with van der Waals surface area (Å²) in [5.74, 6) is 0. The molecule has 1 unspecified atom stereocenters. The fraction of sp³-hybridized carbons (Fsp3) is 1.00. The predicted molar refractivity (Wildman–Crippen MR) is 50.9 cm³/mol. The summed E-state index contributed by atoms with van der Waals surface area (Å²) in [5.41, 5.74) is 0. The molecule has 0 radical (unpaired) electrons. The molecule has 0 heterocycles. The number of rotatable bonds is 6. The van der Waals surface area contributed by atoms with Gasteiger partial charge in [0.15, 0.2) is 0 Å². The highest BCUT2D eigenvalue weighted by Gasteiger charge is 2.09. The van der Waals surface area contributed by atoms with Crippen molar-refractivity contribution in [3.63, 3.8) is 0 Å². The van der Waals surface area contributed by atoms with Crippen molar-refractivity contribution in [2.75, 3.05) is 27.2 Å². The lowest BCUT2D eigenvalue weighted by atomic mass is 10.2. The molecule has 2 nitrogen and oxygen atoms in total. The first-order chi connectivity index (χ1) is 5.26. The molecule has 0 aliphatic rings. The summed E-state index contributed by atoms with van der Waals surface area (Å²) >= 11 is 0. The van der Waals surface area contributed by atoms with Crippen molar-refractivity contribution in [2.24, 2.45) is 0 Å². The molecule has 0 rings (SSSR count). The quantitative estimate of drug-likeness (QED) is 0.627. The van der Waals surface area contributed by atoms with Gasteiger partial charge in [-0.05, 0) is 33.5 Å². The molecule has 2 heteroatoms. The van der Waals surface area contributed by atoms with E-state index in [4.69, 9.17) is 0 Å². The van der Waals surface area contributed by atoms with Gasteiger partial charge in [-0.15, -0.1) is 0 Å². The molecule has 0 aromatic rings. The minimum atomic E-state index is 0.708. The molecular weight excluding hydrogens is 136 g/mol. The average Bonchev–Trinajstić information content (AvgIpc) is 2.00. The van der Waals surface area contributed by atoms with E-state index in [0.717, 1.165) is 6.54 Å². The van der Waals surface area contributed by atoms with Crippen LogP contribution in [0.25, 0.3) is 0 Å². The smallest absolute Gasteiger partial charge is 0.0214 e. The zero-order valence-corrected chi connectivity index (χ0v) is 8.35. The Morgan fingerprint density at radius 3 is 2.36 bits per heavy atom. The minimum absolute atomic E-state index is 0.708. The van der Waals surface area contributed by atoms with Crippen molar-refractivity contribution in [3.8, 4) is 0 Å². The summed E-state index contributed by atoms with van der Waals surface area (Å²) in [6, 6.07) is 0.708. The Hall–Kier alpha value is -0.0800. The van der Waals surface area contributed by atoms with Crippen LogP contribution < -0.4 is 5.32 Å². The summed E-state index contributed by atoms with van der Waals surface area (Å²) < 4.78 is 0. The highest BCUT2D eigenvalue weighted by molar-refractivity contribution is 4.67. The Morgan fingerprint density at radius 2 is 2.00 bits per heavy atom. The molecule has 0 saturated heterocycles. The molecule has 0 amide bonds. The highest BCUT2D eigenvalue weighted by Crippen LogP contribution is 2.00. The topological polar surface area (TPSA) is 15.3 Å². The third-order valence-corrected chi connectivity index (χ3v) is 2.11. The molecule has 0 aromatic heterocycles. The second-order valence-corrected chi connectivity index (χ2v) is 3.10. The Balaban J connectivity index is 3.61. The SMILES string of the molecule is CCCN(C)C(CC)CNC. The molecule has 0 aliphatic carbocycles. The van der Waals surface area contributed by atoms with Gasteiger partial charge in [-0.25, -0.2) is 0 Å². The van der Waals surface area contributed by atoms with E-state index >= 15 is 0 Å². The molecule has 0 aromatic carbocycles. The number of hydrogen-bond donors (Lipinski definition) is 1. The maximum atomic E-state index is 3.22. The normalized spacial score (nSPS) is 13.9. The van der Waals surface area contributed by atoms with E-state index in [1.807, 2.05) is 7.05 Å². The van der Waals surface area contributed by atoms with Crippen molar-refractivity contribution >= 4 is 0 Å². The van der Waals surface area contributed by atoms with Gasteiger partial charge in [0.2, 0.25) is 0 Å². The third kappa shape index (κ3) is 4.38. The van der Waals surface area contributed by atoms with E-state index in [2.05, 4.69) is 31.1 Å². The van der Waals surface area contributed by atoms with E-state index in [9.17, 15) is 0 Å². The molecule has 1 atom stereocenters. The largest absolute Gasteiger partial charge is 0.318 e. The van der Waals surface area contributed by atoms with E-state index < -0.39 is 0 Å². The Bertz CT molecular complexity index is 83.6. The van der Waals surface area contributed by atoms with Crippen molar-refractivity contribution in [1.82, 2.24) is 10.2 Å². The van der Waals surface area contributed by atoms with Crippen LogP contribution in [-0.2, 0) is 0 Å². The number of likely N-dealkylation sites (N-methyl/N-ethyl adjacent to an activating group) is 2. The fourth-order valence-corrected chi connectivity index (χ4v) is 1.38. The van der Waals surface area contributed by atoms with Crippen LogP contribution in [0.15, 0.2) is 0 Å². The zero-order valence-electron chi connectivity index (χ0n) is 8.35. The molecule has 68 valence electrons. The summed E-state index contributed by atoms with van der Waals surface area (Å²) in [6.45, 7) is 6.78. The molecule has 11 heavy (non-hydrogen) atoms. The molecule has 0 fully saturated rings. The predicted octanol–water partition coefficient (Wildman–Crippen LogP) is 1.33. The monoisotopic (exact) mass is 158 g/mol. The first-order valence-corrected chi connectivity index (χ1v) is 4.61. The first kappa shape index (κ1) is 10.9. The molecule has 0 spiro atoms. The summed E-state index contributed by atoms with van der Waals surface area (Å²) in [5, 5.41) is 3.22. The Labute approximate surface area is 71.0 Å². The Kier molecular flexibility index (Phi) is 6.57. The van der Waals surface area contributed by atoms with Gasteiger partial charge in [-0.1, -0.05) is 13.8 Å². The molecule has 0 bridgehead atoms. The van der Waals surface area contributed by atoms with Crippen molar-refractivity contribution in [1.29, 1.82) is 0 Å². The van der Waals surface area contributed by atoms with Crippen LogP contribution >= 0.6 is 0 Å². The second kappa shape index (κ2) is 6.62. The van der Waals surface area contributed by atoms with Crippen LogP contribution in [0, 0.1) is 0 Å². The standard InChI is InChI=1S/C9H22N2/c1-5-7-11(4)9(6-2)8-10-3/h9-10H,5-8H2,1-4H3. The van der Waals surface area contributed by atoms with Gasteiger partial charge in [0, 0.05) is 12.6 Å². The van der Waals surface area contributed by atoms with E-state index in [0.29, 0.717) is 6.04 Å². The number of hydrogen-bond acceptors (Lipinski definition) is 2. The first-order valence-electron chi connectivity index (χ1n) is 4.61. The van der Waals surface area contributed by atoms with Crippen LogP contribution in [0.5, 0.6) is 0 Å². The van der Waals surface area contributed by atoms with Crippen LogP contribution in [0.1, 0.15) is 26.7 Å². The molecule has 1 N–H and O–H groups in total. The lowest BCUT2D eigenvalue weighted by Gasteiger charge is -2.26. The van der Waals surface area contributed by atoms with Crippen molar-refractivity contribution in [3.05, 3.63) is 0 Å². The lowest BCUT2D eigenvalue weighted by molar-refractivity contribution is 0.233. The molecular formula is C9H22N2. The minimum Gasteiger partial charge on any atom is -0.318 e. The summed E-state index contributed by atoms with van der Waals surface area (Å²) in [4.78, 5) is 2.43. The van der Waals surface area contributed by atoms with E-state index in [1.165, 1.54) is 19.4 Å². The van der Waals surface area contributed by atoms with Gasteiger partial charge in [0.05, 0.1) is 0 Å². The average molecular weight is 158 g/mol. The van der Waals surface area contributed by atoms with Crippen LogP contribution in [-0.4, -0.2) is 38.1 Å². The van der Waals surface area contributed by atoms with E-state index in [1.54, 1.807) is 0 Å². The van der Waals surface area contributed by atoms with Gasteiger partial charge >= 0.3 is 0 Å². The molecule has 0 saturated carbocycles. The van der Waals surface area contributed by atoms with Gasteiger partial charge < -0.3 is 10.2 Å². The highest BCUT2D eigenvalue weighted by atomic mass is 15.1. The summed E-state index contributed by atoms with van der Waals surface area (Å²) in [6.07, 6.45) is 2.48. The Morgan fingerprint density at radius 1 is 1.36 bits per heavy atom. The van der Waals surface area contributed by atoms with Gasteiger partial charge in [0.25, 0.3) is 0 Å². The summed E-state index contributed by atoms with van der Waals surface area (Å²) in [7, 11) is 4.22. The van der Waals surface area contributed by atoms with Crippen molar-refractivity contribution < 1.29 is 0 Å². The maximum Gasteiger partial charge on any atom is 0.0214 e. The van der Waals surface area contributed by atoms with Crippen LogP contribution in [0.2, 0.25) is 0 Å². The second-order valence-electron chi connectivity index (χ2n) is 3.10. The van der Waals surface area contributed by atoms with E-state index in [-0.39, 0.29) is 0 Å². The third-order valence-electron chi connectivity index (χ3n) is 2.11. The number of nitrogens with zero attached hydrogens (tertiary/aromatic N) is 1. The molecule has 0 aliphatic heterocycles. The van der Waals surface area contributed by atoms with Crippen LogP contribution in [0.4, 0.5) is 0 Å². The zero-order chi connectivity index (χ0) is 8.69. The van der Waals surface area contributed by atoms with Gasteiger partial charge in [-0.2, -0.15) is 0 Å². The fourth-order valence-electron chi connectivity index (χ4n) is 1.38. The van der Waals surface area contributed by atoms with Gasteiger partial charge in [0.1, 0.15) is 0 Å². The maximum absolute atomic E-state index is 3.22. The lowest BCUT2D eigenvalue weighted by Crippen LogP contribution is -2.38. The number of nitrogens with one attached hydrogen (secondary N) is 1. The van der Waals surface area contributed by atoms with Crippen molar-refractivity contribution in [2.45, 2.75) is 32.7 Å². The van der Waals surface area contributed by atoms with Crippen LogP contribution in [0.3, 0.4) is 0 Å².